The molecule has 110 valence electrons. The molecule has 1 saturated heterocycles. The van der Waals surface area contributed by atoms with E-state index >= 15 is 0 Å². The van der Waals surface area contributed by atoms with Crippen LogP contribution in [0, 0.1) is 0 Å². The molecule has 3 nitrogen and oxygen atoms in total. The predicted octanol–water partition coefficient (Wildman–Crippen LogP) is 2.61. The molecule has 1 fully saturated rings. The van der Waals surface area contributed by atoms with E-state index in [-0.39, 0.29) is 18.8 Å². The highest BCUT2D eigenvalue weighted by Gasteiger charge is 2.34. The lowest BCUT2D eigenvalue weighted by Gasteiger charge is -2.17. The van der Waals surface area contributed by atoms with Gasteiger partial charge >= 0.3 is 0 Å². The van der Waals surface area contributed by atoms with Gasteiger partial charge in [-0.1, -0.05) is 42.5 Å². The van der Waals surface area contributed by atoms with Crippen LogP contribution in [-0.4, -0.2) is 30.5 Å². The normalized spacial score (nSPS) is 18.2. The van der Waals surface area contributed by atoms with Crippen molar-refractivity contribution in [2.24, 2.45) is 0 Å². The fraction of sp³-hybridized carbons (Fsp3) is 0.333. The van der Waals surface area contributed by atoms with E-state index in [1.807, 2.05) is 30.3 Å². The Morgan fingerprint density at radius 2 is 1.71 bits per heavy atom. The van der Waals surface area contributed by atoms with Crippen molar-refractivity contribution in [1.82, 2.24) is 0 Å². The molecule has 0 saturated carbocycles. The van der Waals surface area contributed by atoms with Crippen LogP contribution < -0.4 is 4.74 Å². The summed E-state index contributed by atoms with van der Waals surface area (Å²) in [6.45, 7) is 0.967. The molecule has 1 aliphatic rings. The van der Waals surface area contributed by atoms with Crippen molar-refractivity contribution in [3.05, 3.63) is 65.7 Å². The summed E-state index contributed by atoms with van der Waals surface area (Å²) in [5.74, 6) is 0.884. The molecule has 0 bridgehead atoms. The fourth-order valence-corrected chi connectivity index (χ4v) is 2.40. The molecule has 0 aliphatic carbocycles. The van der Waals surface area contributed by atoms with E-state index in [4.69, 9.17) is 14.6 Å². The zero-order valence-corrected chi connectivity index (χ0v) is 11.9. The molecule has 2 atom stereocenters. The van der Waals surface area contributed by atoms with Crippen molar-refractivity contribution in [2.45, 2.75) is 25.0 Å². The van der Waals surface area contributed by atoms with E-state index in [2.05, 4.69) is 24.3 Å². The van der Waals surface area contributed by atoms with Crippen LogP contribution in [0.25, 0.3) is 0 Å². The van der Waals surface area contributed by atoms with E-state index in [1.165, 1.54) is 5.56 Å². The number of rotatable bonds is 7. The lowest BCUT2D eigenvalue weighted by Crippen LogP contribution is -2.26. The van der Waals surface area contributed by atoms with Crippen molar-refractivity contribution >= 4 is 0 Å². The molecule has 21 heavy (non-hydrogen) atoms. The standard InChI is InChI=1S/C18H20O3/c19-11-10-14-6-8-15(9-7-14)12-17(18-13-20-18)21-16-4-2-1-3-5-16/h1-9,17-19H,10-13H2. The number of benzene rings is 2. The Kier molecular flexibility index (Phi) is 4.53. The molecule has 2 unspecified atom stereocenters. The Morgan fingerprint density at radius 1 is 1.05 bits per heavy atom. The number of epoxide rings is 1. The third-order valence-corrected chi connectivity index (χ3v) is 3.66. The maximum Gasteiger partial charge on any atom is 0.131 e. The second-order valence-corrected chi connectivity index (χ2v) is 5.34. The Morgan fingerprint density at radius 3 is 2.33 bits per heavy atom. The molecule has 1 aliphatic heterocycles. The Labute approximate surface area is 125 Å². The van der Waals surface area contributed by atoms with Gasteiger partial charge in [-0.05, 0) is 29.7 Å². The fourth-order valence-electron chi connectivity index (χ4n) is 2.40. The zero-order valence-electron chi connectivity index (χ0n) is 11.9. The summed E-state index contributed by atoms with van der Waals surface area (Å²) in [6.07, 6.45) is 1.79. The average Bonchev–Trinajstić information content (AvgIpc) is 3.35. The van der Waals surface area contributed by atoms with E-state index < -0.39 is 0 Å². The minimum atomic E-state index is 0.0519. The Hall–Kier alpha value is -1.84. The number of aliphatic hydroxyl groups is 1. The Balaban J connectivity index is 1.65. The second-order valence-electron chi connectivity index (χ2n) is 5.34. The topological polar surface area (TPSA) is 42.0 Å². The summed E-state index contributed by atoms with van der Waals surface area (Å²) in [5, 5.41) is 8.94. The summed E-state index contributed by atoms with van der Waals surface area (Å²) < 4.78 is 11.5. The van der Waals surface area contributed by atoms with Gasteiger partial charge in [-0.3, -0.25) is 0 Å². The molecule has 1 N–H and O–H groups in total. The monoisotopic (exact) mass is 284 g/mol. The minimum absolute atomic E-state index is 0.0519. The van der Waals surface area contributed by atoms with E-state index in [1.54, 1.807) is 0 Å². The summed E-state index contributed by atoms with van der Waals surface area (Å²) >= 11 is 0. The van der Waals surface area contributed by atoms with Gasteiger partial charge in [-0.25, -0.2) is 0 Å². The molecule has 0 aromatic heterocycles. The van der Waals surface area contributed by atoms with Gasteiger partial charge in [0.25, 0.3) is 0 Å². The summed E-state index contributed by atoms with van der Waals surface area (Å²) in [7, 11) is 0. The smallest absolute Gasteiger partial charge is 0.131 e. The molecule has 2 aromatic rings. The molecule has 1 heterocycles. The minimum Gasteiger partial charge on any atom is -0.487 e. The van der Waals surface area contributed by atoms with Crippen LogP contribution in [0.4, 0.5) is 0 Å². The van der Waals surface area contributed by atoms with E-state index in [0.29, 0.717) is 6.42 Å². The highest BCUT2D eigenvalue weighted by Crippen LogP contribution is 2.23. The van der Waals surface area contributed by atoms with Crippen LogP contribution in [-0.2, 0) is 17.6 Å². The first-order valence-electron chi connectivity index (χ1n) is 7.37. The van der Waals surface area contributed by atoms with Gasteiger partial charge in [0.2, 0.25) is 0 Å². The lowest BCUT2D eigenvalue weighted by atomic mass is 10.0. The van der Waals surface area contributed by atoms with Gasteiger partial charge in [-0.15, -0.1) is 0 Å². The maximum absolute atomic E-state index is 8.94. The predicted molar refractivity (Wildman–Crippen MR) is 81.5 cm³/mol. The molecular formula is C18H20O3. The number of hydrogen-bond donors (Lipinski definition) is 1. The van der Waals surface area contributed by atoms with Gasteiger partial charge in [0.1, 0.15) is 18.0 Å². The highest BCUT2D eigenvalue weighted by atomic mass is 16.6. The first-order valence-corrected chi connectivity index (χ1v) is 7.37. The first-order chi connectivity index (χ1) is 10.3. The highest BCUT2D eigenvalue weighted by molar-refractivity contribution is 5.25. The van der Waals surface area contributed by atoms with Crippen LogP contribution in [0.2, 0.25) is 0 Å². The van der Waals surface area contributed by atoms with Crippen molar-refractivity contribution in [3.8, 4) is 5.75 Å². The SMILES string of the molecule is OCCc1ccc(CC(Oc2ccccc2)C2CO2)cc1. The molecule has 0 amide bonds. The van der Waals surface area contributed by atoms with Crippen LogP contribution in [0.3, 0.4) is 0 Å². The number of hydrogen-bond acceptors (Lipinski definition) is 3. The van der Waals surface area contributed by atoms with Gasteiger partial charge in [-0.2, -0.15) is 0 Å². The zero-order chi connectivity index (χ0) is 14.5. The third-order valence-electron chi connectivity index (χ3n) is 3.66. The molecule has 0 radical (unpaired) electrons. The molecule has 0 spiro atoms. The number of aliphatic hydroxyl groups excluding tert-OH is 1. The van der Waals surface area contributed by atoms with Crippen molar-refractivity contribution in [2.75, 3.05) is 13.2 Å². The van der Waals surface area contributed by atoms with Crippen LogP contribution in [0.1, 0.15) is 11.1 Å². The Bertz CT molecular complexity index is 546. The van der Waals surface area contributed by atoms with Gasteiger partial charge in [0, 0.05) is 13.0 Å². The summed E-state index contributed by atoms with van der Waals surface area (Å²) in [4.78, 5) is 0. The maximum atomic E-state index is 8.94. The van der Waals surface area contributed by atoms with Crippen LogP contribution in [0.15, 0.2) is 54.6 Å². The molecule has 3 heteroatoms. The molecule has 3 rings (SSSR count). The quantitative estimate of drug-likeness (QED) is 0.795. The van der Waals surface area contributed by atoms with Gasteiger partial charge in [0.05, 0.1) is 6.61 Å². The largest absolute Gasteiger partial charge is 0.487 e. The average molecular weight is 284 g/mol. The van der Waals surface area contributed by atoms with Gasteiger partial charge in [0.15, 0.2) is 0 Å². The number of ether oxygens (including phenoxy) is 2. The van der Waals surface area contributed by atoms with E-state index in [9.17, 15) is 0 Å². The lowest BCUT2D eigenvalue weighted by molar-refractivity contribution is 0.159. The van der Waals surface area contributed by atoms with Crippen molar-refractivity contribution in [3.63, 3.8) is 0 Å². The first kappa shape index (κ1) is 14.1. The molecule has 2 aromatic carbocycles. The third kappa shape index (κ3) is 4.06. The van der Waals surface area contributed by atoms with Crippen molar-refractivity contribution in [1.29, 1.82) is 0 Å². The van der Waals surface area contributed by atoms with E-state index in [0.717, 1.165) is 24.3 Å². The van der Waals surface area contributed by atoms with Gasteiger partial charge < -0.3 is 14.6 Å². The summed E-state index contributed by atoms with van der Waals surface area (Å²) in [5.41, 5.74) is 2.39. The number of para-hydroxylation sites is 1. The van der Waals surface area contributed by atoms with Crippen molar-refractivity contribution < 1.29 is 14.6 Å². The summed E-state index contributed by atoms with van der Waals surface area (Å²) in [6, 6.07) is 18.2. The second kappa shape index (κ2) is 6.74. The van der Waals surface area contributed by atoms with Crippen LogP contribution >= 0.6 is 0 Å². The molecular weight excluding hydrogens is 264 g/mol. The van der Waals surface area contributed by atoms with Crippen LogP contribution in [0.5, 0.6) is 5.75 Å².